The third-order valence-corrected chi connectivity index (χ3v) is 5.60. The molecular formula is C13H19FN2O2S. The summed E-state index contributed by atoms with van der Waals surface area (Å²) >= 11 is 0. The molecule has 1 atom stereocenters. The van der Waals surface area contributed by atoms with Crippen LogP contribution in [-0.4, -0.2) is 25.3 Å². The van der Waals surface area contributed by atoms with Crippen molar-refractivity contribution < 1.29 is 12.8 Å². The van der Waals surface area contributed by atoms with Crippen LogP contribution in [0.2, 0.25) is 0 Å². The Morgan fingerprint density at radius 1 is 1.42 bits per heavy atom. The standard InChI is InChI=1S/C13H19FN2O2S/c1-9(2)12-7-4-8-16(12)19(17,18)13-10(14)5-3-6-11(13)15/h3,5-6,9,12H,4,7-8,15H2,1-2H3. The molecule has 2 N–H and O–H groups in total. The largest absolute Gasteiger partial charge is 0.398 e. The molecule has 1 fully saturated rings. The van der Waals surface area contributed by atoms with Gasteiger partial charge in [0, 0.05) is 12.6 Å². The summed E-state index contributed by atoms with van der Waals surface area (Å²) in [6.45, 7) is 4.38. The van der Waals surface area contributed by atoms with Gasteiger partial charge in [-0.2, -0.15) is 4.31 Å². The van der Waals surface area contributed by atoms with Gasteiger partial charge < -0.3 is 5.73 Å². The van der Waals surface area contributed by atoms with Gasteiger partial charge in [0.15, 0.2) is 0 Å². The number of hydrogen-bond acceptors (Lipinski definition) is 3. The monoisotopic (exact) mass is 286 g/mol. The fourth-order valence-corrected chi connectivity index (χ4v) is 4.63. The first-order chi connectivity index (χ1) is 8.85. The van der Waals surface area contributed by atoms with Gasteiger partial charge in [0.1, 0.15) is 10.7 Å². The first kappa shape index (κ1) is 14.3. The Labute approximate surface area is 113 Å². The number of halogens is 1. The normalized spacial score (nSPS) is 21.2. The Balaban J connectivity index is 2.48. The van der Waals surface area contributed by atoms with E-state index in [0.29, 0.717) is 6.54 Å². The SMILES string of the molecule is CC(C)C1CCCN1S(=O)(=O)c1c(N)cccc1F. The summed E-state index contributed by atoms with van der Waals surface area (Å²) in [4.78, 5) is -0.387. The van der Waals surface area contributed by atoms with Gasteiger partial charge in [-0.3, -0.25) is 0 Å². The van der Waals surface area contributed by atoms with Crippen molar-refractivity contribution in [2.24, 2.45) is 5.92 Å². The molecule has 106 valence electrons. The minimum atomic E-state index is -3.86. The van der Waals surface area contributed by atoms with Crippen LogP contribution in [0.25, 0.3) is 0 Å². The Kier molecular flexibility index (Phi) is 3.82. The molecule has 4 nitrogen and oxygen atoms in total. The summed E-state index contributed by atoms with van der Waals surface area (Å²) in [5.74, 6) is -0.584. The highest BCUT2D eigenvalue weighted by Gasteiger charge is 2.38. The van der Waals surface area contributed by atoms with E-state index >= 15 is 0 Å². The molecule has 0 radical (unpaired) electrons. The average Bonchev–Trinajstić information content (AvgIpc) is 2.77. The number of nitrogen functional groups attached to an aromatic ring is 1. The second kappa shape index (κ2) is 5.09. The highest BCUT2D eigenvalue weighted by atomic mass is 32.2. The summed E-state index contributed by atoms with van der Waals surface area (Å²) in [5.41, 5.74) is 5.62. The fraction of sp³-hybridized carbons (Fsp3) is 0.538. The lowest BCUT2D eigenvalue weighted by Gasteiger charge is -2.27. The van der Waals surface area contributed by atoms with E-state index in [1.165, 1.54) is 16.4 Å². The van der Waals surface area contributed by atoms with E-state index in [9.17, 15) is 12.8 Å². The van der Waals surface area contributed by atoms with Crippen molar-refractivity contribution in [3.05, 3.63) is 24.0 Å². The minimum Gasteiger partial charge on any atom is -0.398 e. The van der Waals surface area contributed by atoms with Gasteiger partial charge in [0.05, 0.1) is 5.69 Å². The summed E-state index contributed by atoms with van der Waals surface area (Å²) in [7, 11) is -3.86. The van der Waals surface area contributed by atoms with E-state index in [4.69, 9.17) is 5.73 Å². The first-order valence-corrected chi connectivity index (χ1v) is 7.85. The van der Waals surface area contributed by atoms with Crippen molar-refractivity contribution in [1.29, 1.82) is 0 Å². The molecule has 1 aromatic rings. The molecule has 0 amide bonds. The van der Waals surface area contributed by atoms with Crippen LogP contribution in [0, 0.1) is 11.7 Å². The van der Waals surface area contributed by atoms with Crippen LogP contribution in [-0.2, 0) is 10.0 Å². The summed E-state index contributed by atoms with van der Waals surface area (Å²) in [5, 5.41) is 0. The lowest BCUT2D eigenvalue weighted by Crippen LogP contribution is -2.39. The third-order valence-electron chi connectivity index (χ3n) is 3.58. The van der Waals surface area contributed by atoms with Crippen LogP contribution in [0.5, 0.6) is 0 Å². The van der Waals surface area contributed by atoms with Crippen molar-refractivity contribution in [1.82, 2.24) is 4.31 Å². The number of anilines is 1. The molecule has 1 aliphatic rings. The van der Waals surface area contributed by atoms with E-state index in [0.717, 1.165) is 18.9 Å². The summed E-state index contributed by atoms with van der Waals surface area (Å²) in [6.07, 6.45) is 1.61. The van der Waals surface area contributed by atoms with E-state index in [2.05, 4.69) is 0 Å². The molecule has 6 heteroatoms. The molecule has 2 rings (SSSR count). The van der Waals surface area contributed by atoms with Crippen LogP contribution in [0.1, 0.15) is 26.7 Å². The van der Waals surface area contributed by atoms with Gasteiger partial charge in [-0.15, -0.1) is 0 Å². The zero-order chi connectivity index (χ0) is 14.2. The molecule has 0 aliphatic carbocycles. The fourth-order valence-electron chi connectivity index (χ4n) is 2.65. The number of benzene rings is 1. The molecule has 1 aliphatic heterocycles. The Bertz CT molecular complexity index is 552. The van der Waals surface area contributed by atoms with E-state index in [1.54, 1.807) is 0 Å². The van der Waals surface area contributed by atoms with Crippen molar-refractivity contribution in [2.75, 3.05) is 12.3 Å². The van der Waals surface area contributed by atoms with Crippen LogP contribution in [0.4, 0.5) is 10.1 Å². The van der Waals surface area contributed by atoms with Crippen LogP contribution >= 0.6 is 0 Å². The Hall–Kier alpha value is -1.14. The van der Waals surface area contributed by atoms with Crippen molar-refractivity contribution in [3.8, 4) is 0 Å². The highest BCUT2D eigenvalue weighted by molar-refractivity contribution is 7.89. The van der Waals surface area contributed by atoms with Crippen molar-refractivity contribution in [2.45, 2.75) is 37.6 Å². The molecule has 19 heavy (non-hydrogen) atoms. The maximum absolute atomic E-state index is 13.8. The first-order valence-electron chi connectivity index (χ1n) is 6.41. The van der Waals surface area contributed by atoms with E-state index in [1.807, 2.05) is 13.8 Å². The predicted octanol–water partition coefficient (Wildman–Crippen LogP) is 2.22. The second-order valence-corrected chi connectivity index (χ2v) is 7.05. The smallest absolute Gasteiger partial charge is 0.248 e. The molecule has 1 unspecified atom stereocenters. The van der Waals surface area contributed by atoms with Gasteiger partial charge in [0.2, 0.25) is 10.0 Å². The van der Waals surface area contributed by atoms with Gasteiger partial charge in [0.25, 0.3) is 0 Å². The van der Waals surface area contributed by atoms with Gasteiger partial charge in [-0.1, -0.05) is 19.9 Å². The van der Waals surface area contributed by atoms with E-state index < -0.39 is 15.8 Å². The number of nitrogens with zero attached hydrogens (tertiary/aromatic N) is 1. The number of rotatable bonds is 3. The topological polar surface area (TPSA) is 63.4 Å². The lowest BCUT2D eigenvalue weighted by molar-refractivity contribution is 0.315. The molecule has 1 aromatic carbocycles. The predicted molar refractivity (Wildman–Crippen MR) is 72.6 cm³/mol. The minimum absolute atomic E-state index is 0.0330. The molecule has 0 aromatic heterocycles. The van der Waals surface area contributed by atoms with Crippen LogP contribution < -0.4 is 5.73 Å². The summed E-state index contributed by atoms with van der Waals surface area (Å²) < 4.78 is 40.4. The number of sulfonamides is 1. The number of hydrogen-bond donors (Lipinski definition) is 1. The molecule has 1 heterocycles. The van der Waals surface area contributed by atoms with Crippen LogP contribution in [0.15, 0.2) is 23.1 Å². The van der Waals surface area contributed by atoms with Gasteiger partial charge in [-0.05, 0) is 30.9 Å². The number of nitrogens with two attached hydrogens (primary N) is 1. The van der Waals surface area contributed by atoms with Gasteiger partial charge >= 0.3 is 0 Å². The van der Waals surface area contributed by atoms with Crippen LogP contribution in [0.3, 0.4) is 0 Å². The van der Waals surface area contributed by atoms with Crippen molar-refractivity contribution in [3.63, 3.8) is 0 Å². The lowest BCUT2D eigenvalue weighted by atomic mass is 10.0. The average molecular weight is 286 g/mol. The van der Waals surface area contributed by atoms with E-state index in [-0.39, 0.29) is 22.5 Å². The molecule has 0 bridgehead atoms. The Morgan fingerprint density at radius 2 is 2.11 bits per heavy atom. The molecule has 1 saturated heterocycles. The zero-order valence-electron chi connectivity index (χ0n) is 11.1. The Morgan fingerprint density at radius 3 is 2.68 bits per heavy atom. The van der Waals surface area contributed by atoms with Gasteiger partial charge in [-0.25, -0.2) is 12.8 Å². The summed E-state index contributed by atoms with van der Waals surface area (Å²) in [6, 6.07) is 3.87. The molecule has 0 spiro atoms. The maximum Gasteiger partial charge on any atom is 0.248 e. The highest BCUT2D eigenvalue weighted by Crippen LogP contribution is 2.33. The molecular weight excluding hydrogens is 267 g/mol. The van der Waals surface area contributed by atoms with Crippen molar-refractivity contribution >= 4 is 15.7 Å². The molecule has 0 saturated carbocycles. The zero-order valence-corrected chi connectivity index (χ0v) is 12.0. The second-order valence-electron chi connectivity index (χ2n) is 5.23. The maximum atomic E-state index is 13.8. The quantitative estimate of drug-likeness (QED) is 0.867. The third kappa shape index (κ3) is 2.47.